The summed E-state index contributed by atoms with van der Waals surface area (Å²) in [7, 11) is -3.31. The molecule has 0 saturated carbocycles. The van der Waals surface area contributed by atoms with Crippen molar-refractivity contribution in [1.29, 1.82) is 0 Å². The number of hydrogen-bond donors (Lipinski definition) is 1. The van der Waals surface area contributed by atoms with Crippen LogP contribution in [0.4, 0.5) is 5.95 Å². The number of benzene rings is 1. The highest BCUT2D eigenvalue weighted by Gasteiger charge is 2.29. The Bertz CT molecular complexity index is 1050. The lowest BCUT2D eigenvalue weighted by Crippen LogP contribution is -2.39. The molecule has 0 spiro atoms. The molecule has 182 valence electrons. The SMILES string of the molecule is CC(C)(CNc1nc(-c2ccc(S(C)(=O)=O)cc2)nc(C(Cl)(Cl)Cl)n1)CN1CCCCCC1. The van der Waals surface area contributed by atoms with E-state index in [9.17, 15) is 8.42 Å². The van der Waals surface area contributed by atoms with Crippen LogP contribution in [0, 0.1) is 5.41 Å². The first-order chi connectivity index (χ1) is 15.3. The van der Waals surface area contributed by atoms with Crippen LogP contribution in [0.1, 0.15) is 45.4 Å². The van der Waals surface area contributed by atoms with E-state index in [1.807, 2.05) is 0 Å². The molecule has 1 aromatic carbocycles. The van der Waals surface area contributed by atoms with E-state index < -0.39 is 13.6 Å². The van der Waals surface area contributed by atoms with Crippen LogP contribution in [0.25, 0.3) is 11.4 Å². The number of likely N-dealkylation sites (tertiary alicyclic amines) is 1. The summed E-state index contributed by atoms with van der Waals surface area (Å²) in [4.78, 5) is 15.8. The largest absolute Gasteiger partial charge is 0.354 e. The van der Waals surface area contributed by atoms with Gasteiger partial charge < -0.3 is 10.2 Å². The Morgan fingerprint density at radius 1 is 0.970 bits per heavy atom. The Labute approximate surface area is 211 Å². The molecule has 2 heterocycles. The van der Waals surface area contributed by atoms with E-state index in [4.69, 9.17) is 34.8 Å². The monoisotopic (exact) mass is 533 g/mol. The molecule has 7 nitrogen and oxygen atoms in total. The first-order valence-electron chi connectivity index (χ1n) is 10.9. The molecule has 0 amide bonds. The van der Waals surface area contributed by atoms with Crippen molar-refractivity contribution >= 4 is 50.6 Å². The number of anilines is 1. The number of alkyl halides is 3. The summed E-state index contributed by atoms with van der Waals surface area (Å²) in [6, 6.07) is 6.25. The molecule has 0 atom stereocenters. The molecule has 11 heteroatoms. The molecule has 1 N–H and O–H groups in total. The van der Waals surface area contributed by atoms with Gasteiger partial charge in [0.1, 0.15) is 0 Å². The number of nitrogens with one attached hydrogen (secondary N) is 1. The van der Waals surface area contributed by atoms with Crippen LogP contribution in [-0.4, -0.2) is 60.7 Å². The second-order valence-corrected chi connectivity index (χ2v) is 13.6. The van der Waals surface area contributed by atoms with Gasteiger partial charge >= 0.3 is 0 Å². The summed E-state index contributed by atoms with van der Waals surface area (Å²) in [5.41, 5.74) is 0.557. The zero-order valence-electron chi connectivity index (χ0n) is 19.1. The molecule has 0 unspecified atom stereocenters. The average Bonchev–Trinajstić information content (AvgIpc) is 2.99. The summed E-state index contributed by atoms with van der Waals surface area (Å²) < 4.78 is 21.7. The predicted octanol–water partition coefficient (Wildman–Crippen LogP) is 5.08. The standard InChI is InChI=1S/C22H30Cl3N5O2S/c1-21(2,15-30-12-6-4-5-7-13-30)14-26-20-28-18(27-19(29-20)22(23,24)25)16-8-10-17(11-9-16)33(3,31)32/h8-11H,4-7,12-15H2,1-3H3,(H,26,27,28,29). The highest BCUT2D eigenvalue weighted by Crippen LogP contribution is 2.37. The molecule has 0 bridgehead atoms. The number of sulfone groups is 1. The topological polar surface area (TPSA) is 88.1 Å². The lowest BCUT2D eigenvalue weighted by Gasteiger charge is -2.32. The van der Waals surface area contributed by atoms with E-state index in [1.165, 1.54) is 37.8 Å². The zero-order valence-corrected chi connectivity index (χ0v) is 22.2. The van der Waals surface area contributed by atoms with Gasteiger partial charge in [0.15, 0.2) is 21.5 Å². The molecule has 1 aliphatic rings. The van der Waals surface area contributed by atoms with Crippen LogP contribution >= 0.6 is 34.8 Å². The molecule has 2 aromatic rings. The fraction of sp³-hybridized carbons (Fsp3) is 0.591. The highest BCUT2D eigenvalue weighted by atomic mass is 35.6. The molecule has 3 rings (SSSR count). The average molecular weight is 535 g/mol. The molecular weight excluding hydrogens is 505 g/mol. The van der Waals surface area contributed by atoms with E-state index in [2.05, 4.69) is 39.0 Å². The van der Waals surface area contributed by atoms with Crippen molar-refractivity contribution in [2.45, 2.75) is 48.2 Å². The van der Waals surface area contributed by atoms with Gasteiger partial charge in [-0.1, -0.05) is 61.5 Å². The quantitative estimate of drug-likeness (QED) is 0.495. The zero-order chi connectivity index (χ0) is 24.3. The van der Waals surface area contributed by atoms with Gasteiger partial charge in [-0.2, -0.15) is 9.97 Å². The smallest absolute Gasteiger partial charge is 0.250 e. The lowest BCUT2D eigenvalue weighted by atomic mass is 9.92. The Morgan fingerprint density at radius 2 is 1.58 bits per heavy atom. The van der Waals surface area contributed by atoms with Crippen LogP contribution in [0.2, 0.25) is 0 Å². The van der Waals surface area contributed by atoms with E-state index >= 15 is 0 Å². The number of hydrogen-bond acceptors (Lipinski definition) is 7. The maximum atomic E-state index is 11.8. The summed E-state index contributed by atoms with van der Waals surface area (Å²) in [6.45, 7) is 8.24. The maximum absolute atomic E-state index is 11.8. The Hall–Kier alpha value is -1.19. The van der Waals surface area contributed by atoms with Crippen molar-refractivity contribution in [2.24, 2.45) is 5.41 Å². The van der Waals surface area contributed by atoms with Crippen molar-refractivity contribution in [3.8, 4) is 11.4 Å². The molecule has 0 radical (unpaired) electrons. The van der Waals surface area contributed by atoms with Crippen molar-refractivity contribution in [3.05, 3.63) is 30.1 Å². The van der Waals surface area contributed by atoms with Gasteiger partial charge in [-0.05, 0) is 55.6 Å². The maximum Gasteiger partial charge on any atom is 0.250 e. The van der Waals surface area contributed by atoms with Crippen molar-refractivity contribution in [2.75, 3.05) is 37.8 Å². The molecule has 1 saturated heterocycles. The fourth-order valence-corrected chi connectivity index (χ4v) is 4.72. The Balaban J connectivity index is 1.81. The minimum atomic E-state index is -3.31. The lowest BCUT2D eigenvalue weighted by molar-refractivity contribution is 0.192. The second-order valence-electron chi connectivity index (χ2n) is 9.31. The van der Waals surface area contributed by atoms with Crippen LogP contribution in [-0.2, 0) is 13.6 Å². The summed E-state index contributed by atoms with van der Waals surface area (Å²) >= 11 is 18.2. The minimum Gasteiger partial charge on any atom is -0.354 e. The van der Waals surface area contributed by atoms with E-state index in [-0.39, 0.29) is 16.1 Å². The highest BCUT2D eigenvalue weighted by molar-refractivity contribution is 7.90. The number of aromatic nitrogens is 3. The predicted molar refractivity (Wildman–Crippen MR) is 135 cm³/mol. The molecule has 1 fully saturated rings. The normalized spacial score (nSPS) is 16.4. The van der Waals surface area contributed by atoms with Crippen LogP contribution in [0.15, 0.2) is 29.2 Å². The summed E-state index contributed by atoms with van der Waals surface area (Å²) in [5.74, 6) is 0.592. The van der Waals surface area contributed by atoms with Crippen molar-refractivity contribution < 1.29 is 8.42 Å². The van der Waals surface area contributed by atoms with Gasteiger partial charge in [-0.3, -0.25) is 0 Å². The molecule has 1 aliphatic heterocycles. The first-order valence-corrected chi connectivity index (χ1v) is 14.0. The van der Waals surface area contributed by atoms with E-state index in [0.29, 0.717) is 23.9 Å². The second kappa shape index (κ2) is 10.6. The third-order valence-corrected chi connectivity index (χ3v) is 7.14. The van der Waals surface area contributed by atoms with E-state index in [0.717, 1.165) is 25.9 Å². The first kappa shape index (κ1) is 26.4. The molecular formula is C22H30Cl3N5O2S. The van der Waals surface area contributed by atoms with E-state index in [1.54, 1.807) is 12.1 Å². The fourth-order valence-electron chi connectivity index (χ4n) is 3.84. The number of rotatable bonds is 7. The van der Waals surface area contributed by atoms with Gasteiger partial charge in [-0.15, -0.1) is 0 Å². The Kier molecular flexibility index (Phi) is 8.49. The molecule has 1 aromatic heterocycles. The summed E-state index contributed by atoms with van der Waals surface area (Å²) in [6.07, 6.45) is 6.24. The Morgan fingerprint density at radius 3 is 2.12 bits per heavy atom. The van der Waals surface area contributed by atoms with Crippen LogP contribution < -0.4 is 5.32 Å². The van der Waals surface area contributed by atoms with Gasteiger partial charge in [0.2, 0.25) is 9.74 Å². The van der Waals surface area contributed by atoms with Gasteiger partial charge in [0.05, 0.1) is 4.90 Å². The number of nitrogens with zero attached hydrogens (tertiary/aromatic N) is 4. The van der Waals surface area contributed by atoms with Crippen molar-refractivity contribution in [3.63, 3.8) is 0 Å². The summed E-state index contributed by atoms with van der Waals surface area (Å²) in [5, 5.41) is 3.29. The van der Waals surface area contributed by atoms with Crippen LogP contribution in [0.3, 0.4) is 0 Å². The van der Waals surface area contributed by atoms with Crippen molar-refractivity contribution in [1.82, 2.24) is 19.9 Å². The van der Waals surface area contributed by atoms with Gasteiger partial charge in [-0.25, -0.2) is 13.4 Å². The third-order valence-electron chi connectivity index (χ3n) is 5.51. The number of halogens is 3. The minimum absolute atomic E-state index is 0.00230. The van der Waals surface area contributed by atoms with Gasteiger partial charge in [0, 0.05) is 24.9 Å². The van der Waals surface area contributed by atoms with Gasteiger partial charge in [0.25, 0.3) is 0 Å². The molecule has 33 heavy (non-hydrogen) atoms. The third kappa shape index (κ3) is 7.92. The molecule has 0 aliphatic carbocycles. The van der Waals surface area contributed by atoms with Crippen LogP contribution in [0.5, 0.6) is 0 Å².